The first-order valence-corrected chi connectivity index (χ1v) is 6.54. The molecule has 2 aromatic carbocycles. The lowest BCUT2D eigenvalue weighted by Crippen LogP contribution is -2.30. The summed E-state index contributed by atoms with van der Waals surface area (Å²) in [5.41, 5.74) is 4.34. The summed E-state index contributed by atoms with van der Waals surface area (Å²) >= 11 is 0. The van der Waals surface area contributed by atoms with Gasteiger partial charge in [-0.2, -0.15) is 0 Å². The summed E-state index contributed by atoms with van der Waals surface area (Å²) < 4.78 is 0. The Balaban J connectivity index is 1.97. The second-order valence-electron chi connectivity index (χ2n) is 5.56. The number of phenols is 1. The van der Waals surface area contributed by atoms with E-state index in [0.29, 0.717) is 5.75 Å². The first kappa shape index (κ1) is 11.3. The van der Waals surface area contributed by atoms with Gasteiger partial charge in [-0.1, -0.05) is 43.3 Å². The summed E-state index contributed by atoms with van der Waals surface area (Å²) in [5, 5.41) is 9.54. The van der Waals surface area contributed by atoms with Gasteiger partial charge in [0.15, 0.2) is 0 Å². The average molecular weight is 238 g/mol. The van der Waals surface area contributed by atoms with Crippen LogP contribution in [0.2, 0.25) is 0 Å². The number of rotatable bonds is 1. The smallest absolute Gasteiger partial charge is 0.115 e. The number of aromatic hydroxyl groups is 1. The molecule has 18 heavy (non-hydrogen) atoms. The molecule has 3 rings (SSSR count). The molecule has 0 saturated carbocycles. The van der Waals surface area contributed by atoms with Gasteiger partial charge in [0, 0.05) is 0 Å². The summed E-state index contributed by atoms with van der Waals surface area (Å²) in [6.07, 6.45) is 3.26. The van der Waals surface area contributed by atoms with E-state index in [1.807, 2.05) is 6.07 Å². The standard InChI is InChI=1S/C17H18O/c1-17(15-5-3-2-4-6-15)10-9-13-11-16(18)8-7-14(13)12-17/h2-8,11,18H,9-10,12H2,1H3. The molecule has 1 unspecified atom stereocenters. The Hall–Kier alpha value is -1.76. The molecule has 1 aliphatic rings. The van der Waals surface area contributed by atoms with Crippen molar-refractivity contribution in [3.63, 3.8) is 0 Å². The fourth-order valence-electron chi connectivity index (χ4n) is 3.02. The fraction of sp³-hybridized carbons (Fsp3) is 0.294. The molecule has 1 atom stereocenters. The molecule has 1 N–H and O–H groups in total. The summed E-state index contributed by atoms with van der Waals surface area (Å²) in [7, 11) is 0. The van der Waals surface area contributed by atoms with Gasteiger partial charge in [-0.15, -0.1) is 0 Å². The van der Waals surface area contributed by atoms with E-state index in [2.05, 4.69) is 43.3 Å². The summed E-state index contributed by atoms with van der Waals surface area (Å²) in [5.74, 6) is 0.386. The van der Waals surface area contributed by atoms with Crippen molar-refractivity contribution in [3.8, 4) is 5.75 Å². The molecule has 0 fully saturated rings. The number of fused-ring (bicyclic) bond motifs is 1. The lowest BCUT2D eigenvalue weighted by atomic mass is 9.69. The minimum Gasteiger partial charge on any atom is -0.508 e. The highest BCUT2D eigenvalue weighted by Gasteiger charge is 2.31. The molecule has 0 heterocycles. The number of benzene rings is 2. The van der Waals surface area contributed by atoms with E-state index >= 15 is 0 Å². The molecule has 2 aromatic rings. The molecule has 92 valence electrons. The SMILES string of the molecule is CC1(c2ccccc2)CCc2cc(O)ccc2C1. The van der Waals surface area contributed by atoms with Crippen molar-refractivity contribution < 1.29 is 5.11 Å². The molecular formula is C17H18O. The quantitative estimate of drug-likeness (QED) is 0.800. The van der Waals surface area contributed by atoms with Crippen molar-refractivity contribution in [2.75, 3.05) is 0 Å². The van der Waals surface area contributed by atoms with Crippen LogP contribution in [0.4, 0.5) is 0 Å². The third-order valence-electron chi connectivity index (χ3n) is 4.19. The Labute approximate surface area is 108 Å². The van der Waals surface area contributed by atoms with Crippen molar-refractivity contribution >= 4 is 0 Å². The van der Waals surface area contributed by atoms with Gasteiger partial charge in [-0.3, -0.25) is 0 Å². The molecular weight excluding hydrogens is 220 g/mol. The van der Waals surface area contributed by atoms with Crippen LogP contribution in [0.1, 0.15) is 30.0 Å². The lowest BCUT2D eigenvalue weighted by molar-refractivity contribution is 0.406. The van der Waals surface area contributed by atoms with Crippen LogP contribution in [0, 0.1) is 0 Å². The monoisotopic (exact) mass is 238 g/mol. The number of hydrogen-bond acceptors (Lipinski definition) is 1. The Morgan fingerprint density at radius 2 is 1.78 bits per heavy atom. The molecule has 0 bridgehead atoms. The Morgan fingerprint density at radius 3 is 2.56 bits per heavy atom. The maximum atomic E-state index is 9.54. The summed E-state index contributed by atoms with van der Waals surface area (Å²) in [6, 6.07) is 16.6. The maximum absolute atomic E-state index is 9.54. The topological polar surface area (TPSA) is 20.2 Å². The molecule has 0 aliphatic heterocycles. The molecule has 0 saturated heterocycles. The van der Waals surface area contributed by atoms with Crippen molar-refractivity contribution in [2.24, 2.45) is 0 Å². The molecule has 0 spiro atoms. The molecule has 1 heteroatoms. The van der Waals surface area contributed by atoms with Gasteiger partial charge in [-0.25, -0.2) is 0 Å². The predicted octanol–water partition coefficient (Wildman–Crippen LogP) is 3.84. The van der Waals surface area contributed by atoms with Crippen LogP contribution in [0.5, 0.6) is 5.75 Å². The number of phenolic OH excluding ortho intramolecular Hbond substituents is 1. The van der Waals surface area contributed by atoms with Gasteiger partial charge in [-0.05, 0) is 53.5 Å². The van der Waals surface area contributed by atoms with E-state index in [9.17, 15) is 5.11 Å². The highest BCUT2D eigenvalue weighted by atomic mass is 16.3. The first-order valence-electron chi connectivity index (χ1n) is 6.54. The van der Waals surface area contributed by atoms with Crippen LogP contribution < -0.4 is 0 Å². The van der Waals surface area contributed by atoms with E-state index in [1.165, 1.54) is 16.7 Å². The van der Waals surface area contributed by atoms with Gasteiger partial charge in [0.25, 0.3) is 0 Å². The predicted molar refractivity (Wildman–Crippen MR) is 73.9 cm³/mol. The second kappa shape index (κ2) is 4.16. The van der Waals surface area contributed by atoms with Crippen LogP contribution in [-0.2, 0) is 18.3 Å². The van der Waals surface area contributed by atoms with Crippen molar-refractivity contribution in [1.82, 2.24) is 0 Å². The van der Waals surface area contributed by atoms with Crippen molar-refractivity contribution in [2.45, 2.75) is 31.6 Å². The summed E-state index contributed by atoms with van der Waals surface area (Å²) in [6.45, 7) is 2.35. The highest BCUT2D eigenvalue weighted by molar-refractivity contribution is 5.40. The van der Waals surface area contributed by atoms with Crippen LogP contribution >= 0.6 is 0 Å². The van der Waals surface area contributed by atoms with Crippen molar-refractivity contribution in [3.05, 3.63) is 65.2 Å². The van der Waals surface area contributed by atoms with Crippen LogP contribution in [0.25, 0.3) is 0 Å². The Kier molecular flexibility index (Phi) is 2.62. The first-order chi connectivity index (χ1) is 8.67. The van der Waals surface area contributed by atoms with Crippen LogP contribution in [0.15, 0.2) is 48.5 Å². The number of aryl methyl sites for hydroxylation is 1. The molecule has 0 aromatic heterocycles. The van der Waals surface area contributed by atoms with E-state index in [0.717, 1.165) is 19.3 Å². The van der Waals surface area contributed by atoms with Gasteiger partial charge >= 0.3 is 0 Å². The third kappa shape index (κ3) is 1.90. The van der Waals surface area contributed by atoms with E-state index in [1.54, 1.807) is 6.07 Å². The van der Waals surface area contributed by atoms with E-state index in [4.69, 9.17) is 0 Å². The van der Waals surface area contributed by atoms with Crippen molar-refractivity contribution in [1.29, 1.82) is 0 Å². The van der Waals surface area contributed by atoms with E-state index < -0.39 is 0 Å². The zero-order chi connectivity index (χ0) is 12.6. The third-order valence-corrected chi connectivity index (χ3v) is 4.19. The Bertz CT molecular complexity index is 559. The minimum atomic E-state index is 0.227. The zero-order valence-corrected chi connectivity index (χ0v) is 10.7. The second-order valence-corrected chi connectivity index (χ2v) is 5.56. The summed E-state index contributed by atoms with van der Waals surface area (Å²) in [4.78, 5) is 0. The van der Waals surface area contributed by atoms with Gasteiger partial charge in [0.1, 0.15) is 5.75 Å². The lowest BCUT2D eigenvalue weighted by Gasteiger charge is -2.35. The minimum absolute atomic E-state index is 0.227. The molecule has 0 amide bonds. The normalized spacial score (nSPS) is 22.5. The average Bonchev–Trinajstić information content (AvgIpc) is 2.40. The largest absolute Gasteiger partial charge is 0.508 e. The molecule has 0 radical (unpaired) electrons. The number of hydrogen-bond donors (Lipinski definition) is 1. The molecule has 1 aliphatic carbocycles. The Morgan fingerprint density at radius 1 is 1.00 bits per heavy atom. The highest BCUT2D eigenvalue weighted by Crippen LogP contribution is 2.38. The van der Waals surface area contributed by atoms with E-state index in [-0.39, 0.29) is 5.41 Å². The maximum Gasteiger partial charge on any atom is 0.115 e. The molecule has 1 nitrogen and oxygen atoms in total. The fourth-order valence-corrected chi connectivity index (χ4v) is 3.02. The van der Waals surface area contributed by atoms with Gasteiger partial charge in [0.05, 0.1) is 0 Å². The zero-order valence-electron chi connectivity index (χ0n) is 10.7. The van der Waals surface area contributed by atoms with Gasteiger partial charge < -0.3 is 5.11 Å². The van der Waals surface area contributed by atoms with Crippen LogP contribution in [0.3, 0.4) is 0 Å². The van der Waals surface area contributed by atoms with Crippen LogP contribution in [-0.4, -0.2) is 5.11 Å². The van der Waals surface area contributed by atoms with Gasteiger partial charge in [0.2, 0.25) is 0 Å².